The van der Waals surface area contributed by atoms with E-state index in [1.165, 1.54) is 12.5 Å². The number of para-hydroxylation sites is 1. The van der Waals surface area contributed by atoms with Gasteiger partial charge in [0.15, 0.2) is 17.6 Å². The Bertz CT molecular complexity index is 1050. The maximum Gasteiger partial charge on any atom is 0.248 e. The Hall–Kier alpha value is -3.88. The lowest BCUT2D eigenvalue weighted by Crippen LogP contribution is -2.24. The van der Waals surface area contributed by atoms with Gasteiger partial charge in [-0.2, -0.15) is 5.21 Å². The van der Waals surface area contributed by atoms with Crippen LogP contribution in [0.3, 0.4) is 0 Å². The fraction of sp³-hybridized carbons (Fsp3) is 0.304. The number of unbranched alkanes of at least 4 members (excludes halogenated alkanes) is 2. The molecule has 1 aliphatic heterocycles. The number of hydrogen-bond acceptors (Lipinski definition) is 7. The molecule has 0 radical (unpaired) electrons. The Balaban J connectivity index is 1.36. The fourth-order valence-electron chi connectivity index (χ4n) is 3.19. The highest BCUT2D eigenvalue weighted by atomic mass is 16.6. The molecule has 0 fully saturated rings. The standard InChI is InChI=1S/C23H25N5O4/c1-2-3-4-14-30-17-11-8-16(9-12-17)10-13-21(29)24-18-6-5-7-19-22(18)32-20(15-31-19)23-25-27-28-26-23/h5-13,20H,2-4,14-15H2,1H3,(H,24,29)(H,25,26,27,28)/b13-10+. The number of ether oxygens (including phenoxy) is 3. The summed E-state index contributed by atoms with van der Waals surface area (Å²) in [5.74, 6) is 1.89. The lowest BCUT2D eigenvalue weighted by atomic mass is 10.2. The highest BCUT2D eigenvalue weighted by molar-refractivity contribution is 6.03. The molecule has 3 aromatic rings. The van der Waals surface area contributed by atoms with Crippen molar-refractivity contribution in [1.29, 1.82) is 0 Å². The number of carbonyl (C=O) groups is 1. The van der Waals surface area contributed by atoms with Crippen molar-refractivity contribution in [3.05, 3.63) is 59.9 Å². The lowest BCUT2D eigenvalue weighted by Gasteiger charge is -2.26. The van der Waals surface area contributed by atoms with Gasteiger partial charge < -0.3 is 19.5 Å². The van der Waals surface area contributed by atoms with Gasteiger partial charge >= 0.3 is 0 Å². The third-order valence-corrected chi connectivity index (χ3v) is 4.86. The Morgan fingerprint density at radius 1 is 1.25 bits per heavy atom. The molecule has 4 rings (SSSR count). The quantitative estimate of drug-likeness (QED) is 0.387. The molecule has 2 heterocycles. The Morgan fingerprint density at radius 3 is 2.91 bits per heavy atom. The molecule has 9 nitrogen and oxygen atoms in total. The van der Waals surface area contributed by atoms with Crippen molar-refractivity contribution in [3.8, 4) is 17.2 Å². The lowest BCUT2D eigenvalue weighted by molar-refractivity contribution is -0.111. The molecule has 1 aliphatic rings. The molecule has 0 bridgehead atoms. The molecule has 1 atom stereocenters. The number of nitrogens with one attached hydrogen (secondary N) is 2. The van der Waals surface area contributed by atoms with Crippen molar-refractivity contribution in [3.63, 3.8) is 0 Å². The topological polar surface area (TPSA) is 111 Å². The molecule has 0 saturated heterocycles. The SMILES string of the molecule is CCCCCOc1ccc(/C=C/C(=O)Nc2cccc3c2OC(c2nn[nH]n2)CO3)cc1. The summed E-state index contributed by atoms with van der Waals surface area (Å²) in [7, 11) is 0. The average molecular weight is 435 g/mol. The van der Waals surface area contributed by atoms with Gasteiger partial charge in [-0.1, -0.05) is 43.2 Å². The van der Waals surface area contributed by atoms with Crippen molar-refractivity contribution in [1.82, 2.24) is 20.6 Å². The minimum Gasteiger partial charge on any atom is -0.494 e. The van der Waals surface area contributed by atoms with Crippen LogP contribution in [0, 0.1) is 0 Å². The van der Waals surface area contributed by atoms with Gasteiger partial charge in [0.05, 0.1) is 12.3 Å². The minimum atomic E-state index is -0.516. The van der Waals surface area contributed by atoms with E-state index in [2.05, 4.69) is 32.9 Å². The molecule has 1 unspecified atom stereocenters. The van der Waals surface area contributed by atoms with Gasteiger partial charge in [-0.3, -0.25) is 4.79 Å². The Morgan fingerprint density at radius 2 is 2.12 bits per heavy atom. The second-order valence-corrected chi connectivity index (χ2v) is 7.27. The molecular formula is C23H25N5O4. The van der Waals surface area contributed by atoms with Crippen molar-refractivity contribution >= 4 is 17.7 Å². The normalized spacial score (nSPS) is 15.0. The summed E-state index contributed by atoms with van der Waals surface area (Å²) in [6, 6.07) is 12.9. The van der Waals surface area contributed by atoms with E-state index in [1.54, 1.807) is 24.3 Å². The summed E-state index contributed by atoms with van der Waals surface area (Å²) >= 11 is 0. The van der Waals surface area contributed by atoms with E-state index in [-0.39, 0.29) is 12.5 Å². The van der Waals surface area contributed by atoms with E-state index in [1.807, 2.05) is 24.3 Å². The zero-order valence-corrected chi connectivity index (χ0v) is 17.8. The molecule has 1 amide bonds. The molecule has 2 N–H and O–H groups in total. The predicted molar refractivity (Wildman–Crippen MR) is 119 cm³/mol. The fourth-order valence-corrected chi connectivity index (χ4v) is 3.19. The number of H-pyrrole nitrogens is 1. The van der Waals surface area contributed by atoms with Crippen LogP contribution in [-0.4, -0.2) is 39.7 Å². The number of carbonyl (C=O) groups excluding carboxylic acids is 1. The summed E-state index contributed by atoms with van der Waals surface area (Å²) in [6.45, 7) is 3.13. The van der Waals surface area contributed by atoms with Crippen LogP contribution in [0.25, 0.3) is 6.08 Å². The zero-order valence-electron chi connectivity index (χ0n) is 17.8. The van der Waals surface area contributed by atoms with Crippen molar-refractivity contribution in [2.75, 3.05) is 18.5 Å². The van der Waals surface area contributed by atoms with Gasteiger partial charge in [0.2, 0.25) is 11.7 Å². The number of rotatable bonds is 9. The smallest absolute Gasteiger partial charge is 0.248 e. The third kappa shape index (κ3) is 5.42. The number of fused-ring (bicyclic) bond motifs is 1. The summed E-state index contributed by atoms with van der Waals surface area (Å²) in [5, 5.41) is 16.7. The Labute approximate surface area is 185 Å². The van der Waals surface area contributed by atoms with Crippen LogP contribution < -0.4 is 19.5 Å². The highest BCUT2D eigenvalue weighted by Crippen LogP contribution is 2.41. The number of hydrogen-bond donors (Lipinski definition) is 2. The Kier molecular flexibility index (Phi) is 6.96. The summed E-state index contributed by atoms with van der Waals surface area (Å²) in [4.78, 5) is 12.5. The van der Waals surface area contributed by atoms with Crippen molar-refractivity contribution < 1.29 is 19.0 Å². The van der Waals surface area contributed by atoms with Crippen LogP contribution in [0.4, 0.5) is 5.69 Å². The molecule has 166 valence electrons. The average Bonchev–Trinajstić information content (AvgIpc) is 3.36. The number of nitrogens with zero attached hydrogens (tertiary/aromatic N) is 3. The number of benzene rings is 2. The van der Waals surface area contributed by atoms with Crippen LogP contribution in [0.1, 0.15) is 43.7 Å². The molecule has 0 spiro atoms. The third-order valence-electron chi connectivity index (χ3n) is 4.86. The first kappa shape index (κ1) is 21.4. The molecule has 0 aliphatic carbocycles. The largest absolute Gasteiger partial charge is 0.494 e. The predicted octanol–water partition coefficient (Wildman–Crippen LogP) is 3.93. The van der Waals surface area contributed by atoms with Gasteiger partial charge in [-0.25, -0.2) is 0 Å². The van der Waals surface area contributed by atoms with Gasteiger partial charge in [0.25, 0.3) is 0 Å². The highest BCUT2D eigenvalue weighted by Gasteiger charge is 2.28. The maximum atomic E-state index is 12.5. The first-order valence-corrected chi connectivity index (χ1v) is 10.6. The number of aromatic amines is 1. The van der Waals surface area contributed by atoms with E-state index < -0.39 is 6.10 Å². The first-order valence-electron chi connectivity index (χ1n) is 10.6. The van der Waals surface area contributed by atoms with Crippen LogP contribution in [-0.2, 0) is 4.79 Å². The van der Waals surface area contributed by atoms with E-state index in [0.717, 1.165) is 24.2 Å². The number of anilines is 1. The molecular weight excluding hydrogens is 410 g/mol. The molecule has 1 aromatic heterocycles. The van der Waals surface area contributed by atoms with E-state index in [4.69, 9.17) is 14.2 Å². The zero-order chi connectivity index (χ0) is 22.2. The maximum absolute atomic E-state index is 12.5. The van der Waals surface area contributed by atoms with Crippen LogP contribution >= 0.6 is 0 Å². The number of amides is 1. The molecule has 0 saturated carbocycles. The summed E-state index contributed by atoms with van der Waals surface area (Å²) in [6.07, 6.45) is 6.07. The summed E-state index contributed by atoms with van der Waals surface area (Å²) < 4.78 is 17.4. The van der Waals surface area contributed by atoms with E-state index in [9.17, 15) is 4.79 Å². The van der Waals surface area contributed by atoms with Gasteiger partial charge in [-0.15, -0.1) is 10.2 Å². The molecule has 9 heteroatoms. The summed E-state index contributed by atoms with van der Waals surface area (Å²) in [5.41, 5.74) is 1.40. The van der Waals surface area contributed by atoms with E-state index in [0.29, 0.717) is 29.6 Å². The van der Waals surface area contributed by atoms with Crippen LogP contribution in [0.5, 0.6) is 17.2 Å². The van der Waals surface area contributed by atoms with E-state index >= 15 is 0 Å². The van der Waals surface area contributed by atoms with Crippen molar-refractivity contribution in [2.45, 2.75) is 32.3 Å². The van der Waals surface area contributed by atoms with Gasteiger partial charge in [0.1, 0.15) is 12.4 Å². The number of aromatic nitrogens is 4. The first-order chi connectivity index (χ1) is 15.7. The van der Waals surface area contributed by atoms with Gasteiger partial charge in [-0.05, 0) is 42.3 Å². The number of tetrazole rings is 1. The van der Waals surface area contributed by atoms with Crippen molar-refractivity contribution in [2.24, 2.45) is 0 Å². The van der Waals surface area contributed by atoms with Gasteiger partial charge in [0, 0.05) is 6.08 Å². The second-order valence-electron chi connectivity index (χ2n) is 7.27. The minimum absolute atomic E-state index is 0.252. The second kappa shape index (κ2) is 10.4. The van der Waals surface area contributed by atoms with Crippen LogP contribution in [0.2, 0.25) is 0 Å². The molecule has 2 aromatic carbocycles. The molecule has 32 heavy (non-hydrogen) atoms. The monoisotopic (exact) mass is 435 g/mol. The van der Waals surface area contributed by atoms with Crippen LogP contribution in [0.15, 0.2) is 48.5 Å².